The zero-order valence-electron chi connectivity index (χ0n) is 23.5. The molecule has 1 atom stereocenters. The maximum atomic E-state index is 15.8. The molecule has 0 spiro atoms. The van der Waals surface area contributed by atoms with Crippen LogP contribution < -0.4 is 10.6 Å². The first-order chi connectivity index (χ1) is 20.7. The van der Waals surface area contributed by atoms with Gasteiger partial charge in [0.1, 0.15) is 23.1 Å². The van der Waals surface area contributed by atoms with E-state index in [4.69, 9.17) is 0 Å². The number of hydrogen-bond donors (Lipinski definition) is 1. The van der Waals surface area contributed by atoms with Crippen molar-refractivity contribution >= 4 is 28.3 Å². The first-order valence-electron chi connectivity index (χ1n) is 13.3. The van der Waals surface area contributed by atoms with Crippen LogP contribution in [0.15, 0.2) is 60.6 Å². The molecule has 0 aliphatic carbocycles. The Morgan fingerprint density at radius 1 is 1.14 bits per heavy atom. The summed E-state index contributed by atoms with van der Waals surface area (Å²) in [7, 11) is 0. The molecular formula is C30H25F5N6O3. The van der Waals surface area contributed by atoms with Crippen molar-refractivity contribution < 1.29 is 31.9 Å². The number of anilines is 1. The van der Waals surface area contributed by atoms with Crippen molar-refractivity contribution in [3.05, 3.63) is 89.1 Å². The molecule has 9 nitrogen and oxygen atoms in total. The number of benzene rings is 1. The van der Waals surface area contributed by atoms with E-state index in [2.05, 4.69) is 28.1 Å². The molecule has 1 aliphatic rings. The minimum atomic E-state index is -4.93. The Morgan fingerprint density at radius 3 is 2.50 bits per heavy atom. The third kappa shape index (κ3) is 5.16. The number of carbonyl (C=O) groups excluding carboxylic acids is 1. The summed E-state index contributed by atoms with van der Waals surface area (Å²) in [6, 6.07) is 5.11. The monoisotopic (exact) mass is 612 g/mol. The summed E-state index contributed by atoms with van der Waals surface area (Å²) in [5.41, 5.74) is -5.01. The van der Waals surface area contributed by atoms with Gasteiger partial charge in [-0.3, -0.25) is 9.78 Å². The summed E-state index contributed by atoms with van der Waals surface area (Å²) in [5, 5.41) is 10.3. The van der Waals surface area contributed by atoms with Crippen molar-refractivity contribution in [1.82, 2.24) is 24.4 Å². The summed E-state index contributed by atoms with van der Waals surface area (Å²) < 4.78 is 73.0. The number of allylic oxidation sites excluding steroid dienone is 1. The molecule has 5 rings (SSSR count). The summed E-state index contributed by atoms with van der Waals surface area (Å²) in [6.07, 6.45) is -2.65. The van der Waals surface area contributed by atoms with Crippen molar-refractivity contribution in [3.8, 4) is 22.7 Å². The van der Waals surface area contributed by atoms with Crippen molar-refractivity contribution in [2.24, 2.45) is 0 Å². The molecular weight excluding hydrogens is 587 g/mol. The highest BCUT2D eigenvalue weighted by atomic mass is 19.4. The second-order valence-corrected chi connectivity index (χ2v) is 10.2. The van der Waals surface area contributed by atoms with E-state index in [-0.39, 0.29) is 53.6 Å². The van der Waals surface area contributed by atoms with E-state index < -0.39 is 57.8 Å². The van der Waals surface area contributed by atoms with Gasteiger partial charge in [-0.15, -0.1) is 0 Å². The zero-order chi connectivity index (χ0) is 32.1. The number of rotatable bonds is 5. The van der Waals surface area contributed by atoms with Crippen LogP contribution in [0.2, 0.25) is 0 Å². The number of phenols is 1. The van der Waals surface area contributed by atoms with Gasteiger partial charge in [-0.1, -0.05) is 19.2 Å². The van der Waals surface area contributed by atoms with Crippen LogP contribution in [-0.4, -0.2) is 67.3 Å². The van der Waals surface area contributed by atoms with Crippen LogP contribution in [0.5, 0.6) is 5.75 Å². The number of hydrogen-bond acceptors (Lipinski definition) is 7. The molecule has 14 heteroatoms. The number of aromatic nitrogens is 4. The van der Waals surface area contributed by atoms with Gasteiger partial charge >= 0.3 is 11.9 Å². The molecule has 0 radical (unpaired) electrons. The number of phenolic OH excluding ortho intramolecular Hbond substituents is 1. The Balaban J connectivity index is 1.85. The lowest BCUT2D eigenvalue weighted by Gasteiger charge is -2.40. The van der Waals surface area contributed by atoms with Gasteiger partial charge < -0.3 is 14.9 Å². The van der Waals surface area contributed by atoms with Crippen molar-refractivity contribution in [1.29, 1.82) is 0 Å². The molecule has 4 aromatic rings. The van der Waals surface area contributed by atoms with Gasteiger partial charge in [0.25, 0.3) is 0 Å². The minimum Gasteiger partial charge on any atom is -0.507 e. The number of aromatic hydroxyl groups is 1. The number of fused-ring (bicyclic) bond motifs is 1. The SMILES string of the molecule is C=CC(=O)N1CCN(c2nc(=O)n(-c3c(C)ccnc3C(=C)C(F)(F)F)c3nc(-c4c(O)cccc4F)c(F)cc23)[C@@H](C)C1. The van der Waals surface area contributed by atoms with E-state index in [1.165, 1.54) is 30.0 Å². The molecule has 1 aliphatic heterocycles. The highest BCUT2D eigenvalue weighted by molar-refractivity contribution is 5.92. The zero-order valence-corrected chi connectivity index (χ0v) is 23.5. The van der Waals surface area contributed by atoms with Crippen LogP contribution in [0.4, 0.5) is 27.8 Å². The molecule has 4 heterocycles. The third-order valence-electron chi connectivity index (χ3n) is 7.39. The van der Waals surface area contributed by atoms with Crippen LogP contribution in [0.25, 0.3) is 33.6 Å². The Bertz CT molecular complexity index is 1890. The fraction of sp³-hybridized carbons (Fsp3) is 0.233. The highest BCUT2D eigenvalue weighted by Crippen LogP contribution is 2.38. The quantitative estimate of drug-likeness (QED) is 0.252. The van der Waals surface area contributed by atoms with Gasteiger partial charge in [-0.25, -0.2) is 23.1 Å². The van der Waals surface area contributed by atoms with E-state index in [9.17, 15) is 32.3 Å². The average molecular weight is 613 g/mol. The first kappa shape index (κ1) is 30.3. The van der Waals surface area contributed by atoms with E-state index in [0.29, 0.717) is 0 Å². The topological polar surface area (TPSA) is 104 Å². The lowest BCUT2D eigenvalue weighted by Crippen LogP contribution is -2.54. The fourth-order valence-electron chi connectivity index (χ4n) is 5.24. The number of nitrogens with zero attached hydrogens (tertiary/aromatic N) is 6. The summed E-state index contributed by atoms with van der Waals surface area (Å²) in [6.45, 7) is 10.4. The second kappa shape index (κ2) is 11.2. The van der Waals surface area contributed by atoms with Gasteiger partial charge in [0.05, 0.1) is 27.9 Å². The molecule has 3 aromatic heterocycles. The molecule has 1 fully saturated rings. The van der Waals surface area contributed by atoms with E-state index >= 15 is 4.39 Å². The standard InChI is InChI=1S/C30H25F5N6O3/c1-5-22(43)39-11-12-40(16(3)14-39)27-18-13-20(32)25(23-19(31)7-6-8-21(23)42)37-28(18)41(29(44)38-27)26-15(2)9-10-36-24(26)17(4)30(33,34)35/h5-10,13,16,42H,1,4,11-12,14H2,2-3H3/t16-/m0/s1. The number of alkyl halides is 3. The van der Waals surface area contributed by atoms with Crippen molar-refractivity contribution in [2.75, 3.05) is 24.5 Å². The van der Waals surface area contributed by atoms with Gasteiger partial charge in [-0.2, -0.15) is 18.2 Å². The Labute approximate surface area is 247 Å². The molecule has 1 amide bonds. The molecule has 228 valence electrons. The van der Waals surface area contributed by atoms with Gasteiger partial charge in [0.15, 0.2) is 11.5 Å². The second-order valence-electron chi connectivity index (χ2n) is 10.2. The lowest BCUT2D eigenvalue weighted by molar-refractivity contribution is -0.126. The number of amides is 1. The summed E-state index contributed by atoms with van der Waals surface area (Å²) in [4.78, 5) is 41.5. The molecule has 0 unspecified atom stereocenters. The summed E-state index contributed by atoms with van der Waals surface area (Å²) >= 11 is 0. The maximum Gasteiger partial charge on any atom is 0.417 e. The normalized spacial score (nSPS) is 15.5. The number of halogens is 5. The molecule has 1 aromatic carbocycles. The average Bonchev–Trinajstić information content (AvgIpc) is 2.96. The van der Waals surface area contributed by atoms with E-state index in [1.54, 1.807) is 11.8 Å². The molecule has 44 heavy (non-hydrogen) atoms. The predicted molar refractivity (Wildman–Crippen MR) is 153 cm³/mol. The minimum absolute atomic E-state index is 0.0482. The number of aryl methyl sites for hydroxylation is 1. The smallest absolute Gasteiger partial charge is 0.417 e. The van der Waals surface area contributed by atoms with Gasteiger partial charge in [-0.05, 0) is 49.8 Å². The number of piperazine rings is 1. The van der Waals surface area contributed by atoms with Crippen molar-refractivity contribution in [3.63, 3.8) is 0 Å². The predicted octanol–water partition coefficient (Wildman–Crippen LogP) is 4.93. The number of carbonyl (C=O) groups is 1. The van der Waals surface area contributed by atoms with Crippen LogP contribution in [0, 0.1) is 18.6 Å². The molecule has 1 saturated heterocycles. The Morgan fingerprint density at radius 2 is 1.86 bits per heavy atom. The Kier molecular flexibility index (Phi) is 7.70. The summed E-state index contributed by atoms with van der Waals surface area (Å²) in [5.74, 6) is -3.13. The number of pyridine rings is 2. The highest BCUT2D eigenvalue weighted by Gasteiger charge is 2.37. The van der Waals surface area contributed by atoms with E-state index in [1.807, 2.05) is 0 Å². The molecule has 0 saturated carbocycles. The lowest BCUT2D eigenvalue weighted by atomic mass is 10.1. The van der Waals surface area contributed by atoms with E-state index in [0.717, 1.165) is 29.0 Å². The molecule has 0 bridgehead atoms. The van der Waals surface area contributed by atoms with Crippen LogP contribution >= 0.6 is 0 Å². The maximum absolute atomic E-state index is 15.8. The largest absolute Gasteiger partial charge is 0.507 e. The third-order valence-corrected chi connectivity index (χ3v) is 7.39. The van der Waals surface area contributed by atoms with Gasteiger partial charge in [0.2, 0.25) is 5.91 Å². The van der Waals surface area contributed by atoms with Crippen molar-refractivity contribution in [2.45, 2.75) is 26.1 Å². The van der Waals surface area contributed by atoms with Gasteiger partial charge in [0, 0.05) is 31.9 Å². The van der Waals surface area contributed by atoms with Crippen LogP contribution in [0.1, 0.15) is 18.2 Å². The fourth-order valence-corrected chi connectivity index (χ4v) is 5.24. The van der Waals surface area contributed by atoms with Crippen LogP contribution in [0.3, 0.4) is 0 Å². The van der Waals surface area contributed by atoms with Crippen LogP contribution in [-0.2, 0) is 4.79 Å². The Hall–Kier alpha value is -5.14. The first-order valence-corrected chi connectivity index (χ1v) is 13.3. The molecule has 1 N–H and O–H groups in total.